The molecule has 1 aromatic rings. The Morgan fingerprint density at radius 1 is 1.38 bits per heavy atom. The van der Waals surface area contributed by atoms with Crippen LogP contribution in [-0.4, -0.2) is 23.3 Å². The summed E-state index contributed by atoms with van der Waals surface area (Å²) in [5, 5.41) is 19.8. The molecule has 0 aliphatic rings. The van der Waals surface area contributed by atoms with Crippen molar-refractivity contribution in [1.82, 2.24) is 15.5 Å². The van der Waals surface area contributed by atoms with E-state index in [1.807, 2.05) is 46.8 Å². The highest BCUT2D eigenvalue weighted by Crippen LogP contribution is 2.12. The van der Waals surface area contributed by atoms with Gasteiger partial charge in [0.05, 0.1) is 17.3 Å². The minimum absolute atomic E-state index is 0.710. The van der Waals surface area contributed by atoms with E-state index >= 15 is 0 Å². The lowest BCUT2D eigenvalue weighted by molar-refractivity contribution is 0.730. The third kappa shape index (κ3) is 6.97. The van der Waals surface area contributed by atoms with Gasteiger partial charge in [-0.25, -0.2) is 0 Å². The second-order valence-corrected chi connectivity index (χ2v) is 5.42. The molecule has 0 spiro atoms. The van der Waals surface area contributed by atoms with Gasteiger partial charge in [-0.05, 0) is 57.4 Å². The van der Waals surface area contributed by atoms with E-state index in [2.05, 4.69) is 35.1 Å². The van der Waals surface area contributed by atoms with E-state index in [-0.39, 0.29) is 0 Å². The number of hydrogen-bond acceptors (Lipinski definition) is 3. The molecule has 0 aliphatic heterocycles. The first-order valence-electron chi connectivity index (χ1n) is 8.67. The Balaban J connectivity index is 0.00000254. The van der Waals surface area contributed by atoms with Crippen LogP contribution in [0.1, 0.15) is 51.1 Å². The Kier molecular flexibility index (Phi) is 11.2. The first-order valence-corrected chi connectivity index (χ1v) is 8.67. The van der Waals surface area contributed by atoms with Crippen LogP contribution in [-0.2, 0) is 6.42 Å². The van der Waals surface area contributed by atoms with Crippen molar-refractivity contribution in [3.8, 4) is 6.07 Å². The number of aryl methyl sites for hydroxylation is 2. The summed E-state index contributed by atoms with van der Waals surface area (Å²) in [5.74, 6) is 0. The van der Waals surface area contributed by atoms with Crippen molar-refractivity contribution < 1.29 is 0 Å². The molecule has 0 unspecified atom stereocenters. The molecule has 0 atom stereocenters. The van der Waals surface area contributed by atoms with Gasteiger partial charge >= 0.3 is 0 Å². The number of allylic oxidation sites excluding steroid dienone is 3. The molecule has 0 saturated heterocycles. The maximum absolute atomic E-state index is 9.21. The van der Waals surface area contributed by atoms with E-state index in [1.54, 1.807) is 0 Å². The number of nitriles is 1. The number of aromatic nitrogens is 2. The largest absolute Gasteiger partial charge is 0.312 e. The van der Waals surface area contributed by atoms with Gasteiger partial charge in [-0.2, -0.15) is 10.4 Å². The molecule has 24 heavy (non-hydrogen) atoms. The van der Waals surface area contributed by atoms with Gasteiger partial charge in [0.15, 0.2) is 0 Å². The van der Waals surface area contributed by atoms with E-state index < -0.39 is 0 Å². The number of aromatic amines is 1. The van der Waals surface area contributed by atoms with Crippen LogP contribution in [0.3, 0.4) is 0 Å². The van der Waals surface area contributed by atoms with Crippen molar-refractivity contribution in [3.05, 3.63) is 52.4 Å². The van der Waals surface area contributed by atoms with Crippen LogP contribution in [0.15, 0.2) is 35.5 Å². The van der Waals surface area contributed by atoms with Gasteiger partial charge in [0, 0.05) is 12.2 Å². The van der Waals surface area contributed by atoms with E-state index in [9.17, 15) is 5.26 Å². The predicted octanol–water partition coefficient (Wildman–Crippen LogP) is 4.55. The third-order valence-corrected chi connectivity index (χ3v) is 3.86. The van der Waals surface area contributed by atoms with Crippen molar-refractivity contribution in [2.75, 3.05) is 13.1 Å². The quantitative estimate of drug-likeness (QED) is 0.418. The number of nitrogens with one attached hydrogen (secondary N) is 2. The summed E-state index contributed by atoms with van der Waals surface area (Å²) in [7, 11) is 0. The average molecular weight is 329 g/mol. The molecule has 0 amide bonds. The van der Waals surface area contributed by atoms with E-state index in [1.165, 1.54) is 5.56 Å². The second-order valence-electron chi connectivity index (χ2n) is 5.42. The van der Waals surface area contributed by atoms with Gasteiger partial charge in [0.25, 0.3) is 0 Å². The minimum Gasteiger partial charge on any atom is -0.312 e. The van der Waals surface area contributed by atoms with Crippen molar-refractivity contribution in [3.63, 3.8) is 0 Å². The lowest BCUT2D eigenvalue weighted by atomic mass is 10.1. The highest BCUT2D eigenvalue weighted by atomic mass is 15.1. The maximum Gasteiger partial charge on any atom is 0.0991 e. The molecule has 0 bridgehead atoms. The Hall–Kier alpha value is -2.12. The molecule has 4 heteroatoms. The number of rotatable bonds is 8. The molecule has 1 rings (SSSR count). The Bertz CT molecular complexity index is 593. The van der Waals surface area contributed by atoms with Gasteiger partial charge in [-0.15, -0.1) is 0 Å². The van der Waals surface area contributed by atoms with Crippen LogP contribution < -0.4 is 5.32 Å². The van der Waals surface area contributed by atoms with Gasteiger partial charge in [0.2, 0.25) is 0 Å². The van der Waals surface area contributed by atoms with Crippen molar-refractivity contribution >= 4 is 0 Å². The van der Waals surface area contributed by atoms with Gasteiger partial charge in [-0.3, -0.25) is 5.10 Å². The summed E-state index contributed by atoms with van der Waals surface area (Å²) in [6.45, 7) is 17.5. The Morgan fingerprint density at radius 3 is 2.50 bits per heavy atom. The van der Waals surface area contributed by atoms with E-state index in [0.717, 1.165) is 47.5 Å². The Labute approximate surface area is 147 Å². The summed E-state index contributed by atoms with van der Waals surface area (Å²) >= 11 is 0. The van der Waals surface area contributed by atoms with Crippen LogP contribution in [0, 0.1) is 25.2 Å². The molecular weight excluding hydrogens is 296 g/mol. The summed E-state index contributed by atoms with van der Waals surface area (Å²) in [6.07, 6.45) is 5.55. The van der Waals surface area contributed by atoms with Crippen molar-refractivity contribution in [2.45, 2.75) is 54.4 Å². The second kappa shape index (κ2) is 12.3. The zero-order valence-corrected chi connectivity index (χ0v) is 16.1. The average Bonchev–Trinajstić information content (AvgIpc) is 2.94. The maximum atomic E-state index is 9.21. The molecule has 2 N–H and O–H groups in total. The monoisotopic (exact) mass is 328 g/mol. The standard InChI is InChI=1S/C18H26N4.C2H6/c1-6-13(3)17(11-19)10-16(7-2)12-20-9-8-18-14(4)21-22-15(18)5;1-2/h7,10,20H,2,6,8-9,12H2,1,3-5H3,(H,21,22);1-2H3/b16-10+,17-13-;. The smallest absolute Gasteiger partial charge is 0.0991 e. The number of H-pyrrole nitrogens is 1. The highest BCUT2D eigenvalue weighted by Gasteiger charge is 2.05. The fourth-order valence-corrected chi connectivity index (χ4v) is 2.20. The zero-order valence-electron chi connectivity index (χ0n) is 16.1. The lowest BCUT2D eigenvalue weighted by Gasteiger charge is -2.07. The summed E-state index contributed by atoms with van der Waals surface area (Å²) in [6, 6.07) is 2.26. The van der Waals surface area contributed by atoms with E-state index in [0.29, 0.717) is 6.54 Å². The van der Waals surface area contributed by atoms with Gasteiger partial charge in [-0.1, -0.05) is 39.0 Å². The van der Waals surface area contributed by atoms with Crippen molar-refractivity contribution in [1.29, 1.82) is 5.26 Å². The number of nitrogens with zero attached hydrogens (tertiary/aromatic N) is 2. The fourth-order valence-electron chi connectivity index (χ4n) is 2.20. The predicted molar refractivity (Wildman–Crippen MR) is 103 cm³/mol. The minimum atomic E-state index is 0.710. The molecule has 0 radical (unpaired) electrons. The van der Waals surface area contributed by atoms with Crippen LogP contribution in [0.2, 0.25) is 0 Å². The first kappa shape index (κ1) is 21.9. The van der Waals surface area contributed by atoms with Crippen molar-refractivity contribution in [2.24, 2.45) is 0 Å². The molecule has 4 nitrogen and oxygen atoms in total. The lowest BCUT2D eigenvalue weighted by Crippen LogP contribution is -2.20. The summed E-state index contributed by atoms with van der Waals surface area (Å²) < 4.78 is 0. The molecule has 0 aromatic carbocycles. The third-order valence-electron chi connectivity index (χ3n) is 3.86. The van der Waals surface area contributed by atoms with E-state index in [4.69, 9.17) is 0 Å². The summed E-state index contributed by atoms with van der Waals surface area (Å²) in [4.78, 5) is 0. The normalized spacial score (nSPS) is 12.0. The molecule has 132 valence electrons. The highest BCUT2D eigenvalue weighted by molar-refractivity contribution is 5.42. The Morgan fingerprint density at radius 2 is 2.04 bits per heavy atom. The molecule has 1 aromatic heterocycles. The zero-order chi connectivity index (χ0) is 18.5. The molecule has 0 aliphatic carbocycles. The SMILES string of the molecule is C=C/C(=C\C(C#N)=C(/C)CC)CNCCc1c(C)n[nH]c1C.CC. The van der Waals surface area contributed by atoms with Crippen LogP contribution in [0.5, 0.6) is 0 Å². The fraction of sp³-hybridized carbons (Fsp3) is 0.500. The van der Waals surface area contributed by atoms with Gasteiger partial charge < -0.3 is 5.32 Å². The topological polar surface area (TPSA) is 64.5 Å². The first-order chi connectivity index (χ1) is 11.5. The van der Waals surface area contributed by atoms with Crippen LogP contribution in [0.4, 0.5) is 0 Å². The molecule has 0 saturated carbocycles. The van der Waals surface area contributed by atoms with Crippen LogP contribution >= 0.6 is 0 Å². The van der Waals surface area contributed by atoms with Crippen LogP contribution in [0.25, 0.3) is 0 Å². The number of hydrogen-bond donors (Lipinski definition) is 2. The van der Waals surface area contributed by atoms with Gasteiger partial charge in [0.1, 0.15) is 0 Å². The molecular formula is C20H32N4. The molecule has 1 heterocycles. The summed E-state index contributed by atoms with van der Waals surface area (Å²) in [5.41, 5.74) is 6.34. The molecule has 0 fully saturated rings.